The van der Waals surface area contributed by atoms with Crippen LogP contribution in [-0.2, 0) is 9.36 Å². The van der Waals surface area contributed by atoms with Gasteiger partial charge in [0.15, 0.2) is 0 Å². The molecular weight excluding hydrogens is 223 g/mol. The molecule has 1 aliphatic rings. The topological polar surface area (TPSA) is 69.6 Å². The number of hydrogen-bond donors (Lipinski definition) is 2. The van der Waals surface area contributed by atoms with Crippen molar-refractivity contribution in [1.29, 1.82) is 0 Å². The maximum atomic E-state index is 12.1. The van der Waals surface area contributed by atoms with Gasteiger partial charge in [0, 0.05) is 12.3 Å². The van der Waals surface area contributed by atoms with Crippen molar-refractivity contribution in [3.63, 3.8) is 0 Å². The highest BCUT2D eigenvalue weighted by molar-refractivity contribution is 8.57. The maximum Gasteiger partial charge on any atom is 0.320 e. The molecule has 1 rings (SSSR count). The summed E-state index contributed by atoms with van der Waals surface area (Å²) in [5, 5.41) is 11.4. The lowest BCUT2D eigenvalue weighted by Crippen LogP contribution is -2.36. The van der Waals surface area contributed by atoms with Crippen molar-refractivity contribution in [2.75, 3.05) is 25.6 Å². The summed E-state index contributed by atoms with van der Waals surface area (Å²) in [5.74, 6) is -0.179. The predicted octanol–water partition coefficient (Wildman–Crippen LogP) is 0.878. The van der Waals surface area contributed by atoms with Crippen molar-refractivity contribution >= 4 is 23.8 Å². The highest BCUT2D eigenvalue weighted by Gasteiger charge is 2.31. The molecule has 7 heteroatoms. The van der Waals surface area contributed by atoms with Crippen LogP contribution in [0.1, 0.15) is 6.92 Å². The summed E-state index contributed by atoms with van der Waals surface area (Å²) >= 11 is 1.35. The number of hydrogen-bond acceptors (Lipinski definition) is 4. The quantitative estimate of drug-likeness (QED) is 0.711. The fraction of sp³-hybridized carbons (Fsp3) is 0.857. The van der Waals surface area contributed by atoms with Gasteiger partial charge < -0.3 is 5.11 Å². The van der Waals surface area contributed by atoms with Gasteiger partial charge in [-0.2, -0.15) is 0 Å². The van der Waals surface area contributed by atoms with E-state index in [0.29, 0.717) is 6.29 Å². The van der Waals surface area contributed by atoms with E-state index < -0.39 is 18.5 Å². The van der Waals surface area contributed by atoms with E-state index in [-0.39, 0.29) is 0 Å². The van der Waals surface area contributed by atoms with Gasteiger partial charge in [-0.15, -0.1) is 0 Å². The molecule has 0 aromatic heterocycles. The van der Waals surface area contributed by atoms with E-state index in [0.717, 1.165) is 12.3 Å². The molecule has 14 heavy (non-hydrogen) atoms. The lowest BCUT2D eigenvalue weighted by Gasteiger charge is -2.30. The van der Waals surface area contributed by atoms with Gasteiger partial charge in [0.2, 0.25) is 6.49 Å². The van der Waals surface area contributed by atoms with Gasteiger partial charge in [-0.25, -0.2) is 5.09 Å². The largest absolute Gasteiger partial charge is 0.480 e. The molecule has 0 radical (unpaired) electrons. The molecule has 0 bridgehead atoms. The minimum Gasteiger partial charge on any atom is -0.480 e. The molecular formula is C7H15N2O3PS. The summed E-state index contributed by atoms with van der Waals surface area (Å²) in [4.78, 5) is 12.5. The molecule has 5 nitrogen and oxygen atoms in total. The van der Waals surface area contributed by atoms with Gasteiger partial charge in [0.1, 0.15) is 6.04 Å². The summed E-state index contributed by atoms with van der Waals surface area (Å²) in [6.07, 6.45) is 0.440. The fourth-order valence-electron chi connectivity index (χ4n) is 1.20. The lowest BCUT2D eigenvalue weighted by molar-refractivity contribution is -0.138. The van der Waals surface area contributed by atoms with E-state index in [4.69, 9.17) is 5.11 Å². The first kappa shape index (κ1) is 12.0. The average Bonchev–Trinajstić information content (AvgIpc) is 2.02. The van der Waals surface area contributed by atoms with Crippen molar-refractivity contribution in [3.05, 3.63) is 0 Å². The second-order valence-electron chi connectivity index (χ2n) is 3.42. The van der Waals surface area contributed by atoms with Crippen LogP contribution in [0, 0.1) is 0 Å². The van der Waals surface area contributed by atoms with Gasteiger partial charge in [-0.1, -0.05) is 11.4 Å². The van der Waals surface area contributed by atoms with E-state index in [2.05, 4.69) is 5.09 Å². The Labute approximate surface area is 87.4 Å². The molecule has 1 fully saturated rings. The Balaban J connectivity index is 2.57. The third-order valence-electron chi connectivity index (χ3n) is 1.96. The summed E-state index contributed by atoms with van der Waals surface area (Å²) in [7, 11) is 1.89. The standard InChI is InChI=1S/C7H15N2O3PS/c1-6(7(10)11)8-13(12)5-9(2)3-4-14-13/h6H,3-5H2,1-2H3,(H,8,12)(H,10,11)/t6?,13-/m0/s1. The Bertz CT molecular complexity index is 274. The molecule has 1 unspecified atom stereocenters. The number of rotatable bonds is 3. The molecule has 1 saturated heterocycles. The predicted molar refractivity (Wildman–Crippen MR) is 57.8 cm³/mol. The van der Waals surface area contributed by atoms with Crippen LogP contribution in [0.3, 0.4) is 0 Å². The van der Waals surface area contributed by atoms with Crippen LogP contribution < -0.4 is 5.09 Å². The number of carbonyl (C=O) groups is 1. The Kier molecular flexibility index (Phi) is 4.01. The molecule has 0 aromatic carbocycles. The Morgan fingerprint density at radius 1 is 1.71 bits per heavy atom. The smallest absolute Gasteiger partial charge is 0.320 e. The first-order chi connectivity index (χ1) is 6.43. The minimum atomic E-state index is -2.57. The van der Waals surface area contributed by atoms with Crippen molar-refractivity contribution in [2.24, 2.45) is 0 Å². The summed E-state index contributed by atoms with van der Waals surface area (Å²) in [6.45, 7) is -0.156. The van der Waals surface area contributed by atoms with Crippen LogP contribution >= 0.6 is 17.9 Å². The van der Waals surface area contributed by atoms with Crippen molar-refractivity contribution < 1.29 is 14.5 Å². The summed E-state index contributed by atoms with van der Waals surface area (Å²) in [5.41, 5.74) is 0. The Morgan fingerprint density at radius 3 is 2.86 bits per heavy atom. The molecule has 0 spiro atoms. The van der Waals surface area contributed by atoms with Gasteiger partial charge in [0.05, 0.1) is 6.29 Å². The molecule has 1 aliphatic heterocycles. The molecule has 2 N–H and O–H groups in total. The Hall–Kier alpha value is -0.0300. The Morgan fingerprint density at radius 2 is 2.36 bits per heavy atom. The number of carboxylic acid groups (broad SMARTS) is 1. The molecule has 0 aliphatic carbocycles. The van der Waals surface area contributed by atoms with Crippen LogP contribution in [0.5, 0.6) is 0 Å². The second-order valence-corrected chi connectivity index (χ2v) is 8.52. The molecule has 0 aromatic rings. The third kappa shape index (κ3) is 3.28. The maximum absolute atomic E-state index is 12.1. The van der Waals surface area contributed by atoms with Crippen molar-refractivity contribution in [2.45, 2.75) is 13.0 Å². The van der Waals surface area contributed by atoms with E-state index >= 15 is 0 Å². The van der Waals surface area contributed by atoms with Gasteiger partial charge in [-0.3, -0.25) is 14.3 Å². The molecule has 0 amide bonds. The minimum absolute atomic E-state index is 0.440. The van der Waals surface area contributed by atoms with Crippen LogP contribution in [0.2, 0.25) is 0 Å². The number of aliphatic carboxylic acids is 1. The number of nitrogens with zero attached hydrogens (tertiary/aromatic N) is 1. The number of nitrogens with one attached hydrogen (secondary N) is 1. The monoisotopic (exact) mass is 238 g/mol. The van der Waals surface area contributed by atoms with Crippen LogP contribution in [0.4, 0.5) is 0 Å². The van der Waals surface area contributed by atoms with Crippen molar-refractivity contribution in [3.8, 4) is 0 Å². The highest BCUT2D eigenvalue weighted by atomic mass is 32.7. The van der Waals surface area contributed by atoms with E-state index in [1.807, 2.05) is 11.9 Å². The first-order valence-electron chi connectivity index (χ1n) is 4.36. The highest BCUT2D eigenvalue weighted by Crippen LogP contribution is 2.57. The van der Waals surface area contributed by atoms with Crippen LogP contribution in [0.15, 0.2) is 0 Å². The van der Waals surface area contributed by atoms with Gasteiger partial charge in [-0.05, 0) is 14.0 Å². The zero-order valence-electron chi connectivity index (χ0n) is 8.27. The molecule has 82 valence electrons. The molecule has 1 heterocycles. The van der Waals surface area contributed by atoms with E-state index in [9.17, 15) is 9.36 Å². The lowest BCUT2D eigenvalue weighted by atomic mass is 10.4. The second kappa shape index (κ2) is 4.66. The SMILES string of the molecule is CC(N[P@]1(=O)CN(C)CCS1)C(=O)O. The fourth-order valence-corrected chi connectivity index (χ4v) is 6.27. The molecule has 2 atom stereocenters. The van der Waals surface area contributed by atoms with Crippen molar-refractivity contribution in [1.82, 2.24) is 9.99 Å². The normalized spacial score (nSPS) is 31.3. The summed E-state index contributed by atoms with van der Waals surface area (Å²) < 4.78 is 12.1. The van der Waals surface area contributed by atoms with Gasteiger partial charge >= 0.3 is 5.97 Å². The average molecular weight is 238 g/mol. The van der Waals surface area contributed by atoms with Crippen LogP contribution in [-0.4, -0.2) is 47.6 Å². The third-order valence-corrected chi connectivity index (χ3v) is 6.84. The van der Waals surface area contributed by atoms with Gasteiger partial charge in [0.25, 0.3) is 0 Å². The zero-order chi connectivity index (χ0) is 10.8. The zero-order valence-corrected chi connectivity index (χ0v) is 9.98. The number of carboxylic acids is 1. The first-order valence-corrected chi connectivity index (χ1v) is 7.84. The molecule has 0 saturated carbocycles. The van der Waals surface area contributed by atoms with E-state index in [1.54, 1.807) is 0 Å². The van der Waals surface area contributed by atoms with Crippen LogP contribution in [0.25, 0.3) is 0 Å². The summed E-state index contributed by atoms with van der Waals surface area (Å²) in [6, 6.07) is -0.750. The van der Waals surface area contributed by atoms with E-state index in [1.165, 1.54) is 18.3 Å².